The minimum Gasteiger partial charge on any atom is -0.508 e. The lowest BCUT2D eigenvalue weighted by molar-refractivity contribution is -0.137. The van der Waals surface area contributed by atoms with Crippen LogP contribution in [-0.4, -0.2) is 22.1 Å². The van der Waals surface area contributed by atoms with Crippen LogP contribution in [0.25, 0.3) is 11.3 Å². The number of hydrogen-bond donors (Lipinski definition) is 4. The molecule has 3 aromatic carbocycles. The smallest absolute Gasteiger partial charge is 0.416 e. The quantitative estimate of drug-likeness (QED) is 0.170. The largest absolute Gasteiger partial charge is 0.508 e. The van der Waals surface area contributed by atoms with E-state index in [1.807, 2.05) is 36.4 Å². The monoisotopic (exact) mass is 563 g/mol. The summed E-state index contributed by atoms with van der Waals surface area (Å²) in [6.45, 7) is 9.80. The number of anilines is 2. The molecule has 216 valence electrons. The maximum Gasteiger partial charge on any atom is 0.416 e. The van der Waals surface area contributed by atoms with E-state index in [-0.39, 0.29) is 11.2 Å². The van der Waals surface area contributed by atoms with E-state index in [0.717, 1.165) is 28.8 Å². The third-order valence-electron chi connectivity index (χ3n) is 6.87. The van der Waals surface area contributed by atoms with Gasteiger partial charge in [-0.25, -0.2) is 4.98 Å². The van der Waals surface area contributed by atoms with E-state index < -0.39 is 11.7 Å². The Balaban J connectivity index is 1.38. The molecule has 6 nitrogen and oxygen atoms in total. The first-order valence-corrected chi connectivity index (χ1v) is 13.4. The molecule has 1 heterocycles. The number of phenols is 1. The molecule has 0 radical (unpaired) electrons. The first-order chi connectivity index (χ1) is 19.3. The van der Waals surface area contributed by atoms with Crippen molar-refractivity contribution in [3.05, 3.63) is 100 Å². The first kappa shape index (κ1) is 29.9. The lowest BCUT2D eigenvalue weighted by atomic mass is 9.86. The minimum atomic E-state index is -4.40. The van der Waals surface area contributed by atoms with Gasteiger partial charge in [-0.3, -0.25) is 0 Å². The Hall–Kier alpha value is -4.11. The van der Waals surface area contributed by atoms with Crippen molar-refractivity contribution in [2.45, 2.75) is 58.9 Å². The van der Waals surface area contributed by atoms with Crippen LogP contribution < -0.4 is 16.0 Å². The molecule has 1 aromatic heterocycles. The Bertz CT molecular complexity index is 1500. The van der Waals surface area contributed by atoms with Gasteiger partial charge in [0.15, 0.2) is 0 Å². The fraction of sp³-hybridized carbons (Fsp3) is 0.312. The third kappa shape index (κ3) is 7.76. The van der Waals surface area contributed by atoms with Crippen molar-refractivity contribution in [2.24, 2.45) is 0 Å². The van der Waals surface area contributed by atoms with Crippen LogP contribution in [0.3, 0.4) is 0 Å². The van der Waals surface area contributed by atoms with Crippen molar-refractivity contribution < 1.29 is 18.3 Å². The Morgan fingerprint density at radius 2 is 1.44 bits per heavy atom. The summed E-state index contributed by atoms with van der Waals surface area (Å²) in [5.41, 5.74) is 5.13. The number of aromatic hydroxyl groups is 1. The molecule has 0 unspecified atom stereocenters. The zero-order valence-electron chi connectivity index (χ0n) is 23.9. The highest BCUT2D eigenvalue weighted by molar-refractivity contribution is 5.68. The molecule has 0 amide bonds. The maximum atomic E-state index is 13.1. The van der Waals surface area contributed by atoms with Crippen molar-refractivity contribution in [3.8, 4) is 17.0 Å². The van der Waals surface area contributed by atoms with Crippen molar-refractivity contribution in [3.63, 3.8) is 0 Å². The summed E-state index contributed by atoms with van der Waals surface area (Å²) in [6, 6.07) is 19.3. The van der Waals surface area contributed by atoms with Crippen LogP contribution in [0.2, 0.25) is 0 Å². The summed E-state index contributed by atoms with van der Waals surface area (Å²) in [5.74, 6) is 1.21. The Kier molecular flexibility index (Phi) is 8.87. The van der Waals surface area contributed by atoms with Gasteiger partial charge in [-0.15, -0.1) is 0 Å². The number of alkyl halides is 3. The molecule has 0 aliphatic rings. The highest BCUT2D eigenvalue weighted by atomic mass is 19.4. The van der Waals surface area contributed by atoms with Gasteiger partial charge in [0.2, 0.25) is 5.95 Å². The number of nitrogens with one attached hydrogen (secondary N) is 3. The Morgan fingerprint density at radius 1 is 0.780 bits per heavy atom. The molecule has 0 fully saturated rings. The molecule has 0 bridgehead atoms. The van der Waals surface area contributed by atoms with Gasteiger partial charge in [-0.2, -0.15) is 18.2 Å². The fourth-order valence-corrected chi connectivity index (χ4v) is 4.42. The van der Waals surface area contributed by atoms with Gasteiger partial charge in [0.05, 0.1) is 11.3 Å². The van der Waals surface area contributed by atoms with Crippen molar-refractivity contribution >= 4 is 11.8 Å². The highest BCUT2D eigenvalue weighted by Gasteiger charge is 2.30. The van der Waals surface area contributed by atoms with Crippen molar-refractivity contribution in [1.29, 1.82) is 0 Å². The third-order valence-corrected chi connectivity index (χ3v) is 6.87. The van der Waals surface area contributed by atoms with Crippen LogP contribution in [0.4, 0.5) is 24.9 Å². The van der Waals surface area contributed by atoms with E-state index in [0.29, 0.717) is 48.2 Å². The van der Waals surface area contributed by atoms with Gasteiger partial charge < -0.3 is 21.1 Å². The number of halogens is 3. The predicted octanol–water partition coefficient (Wildman–Crippen LogP) is 7.42. The lowest BCUT2D eigenvalue weighted by Gasteiger charge is -2.20. The van der Waals surface area contributed by atoms with Crippen molar-refractivity contribution in [1.82, 2.24) is 15.3 Å². The van der Waals surface area contributed by atoms with E-state index in [4.69, 9.17) is 0 Å². The Labute approximate surface area is 239 Å². The van der Waals surface area contributed by atoms with Crippen LogP contribution in [0, 0.1) is 6.92 Å². The number of rotatable bonds is 9. The highest BCUT2D eigenvalue weighted by Crippen LogP contribution is 2.33. The maximum absolute atomic E-state index is 13.1. The van der Waals surface area contributed by atoms with Crippen LogP contribution in [0.5, 0.6) is 5.75 Å². The molecule has 9 heteroatoms. The number of phenolic OH excluding ortho intramolecular Hbond substituents is 1. The summed E-state index contributed by atoms with van der Waals surface area (Å²) in [7, 11) is 1.69. The van der Waals surface area contributed by atoms with Gasteiger partial charge in [0, 0.05) is 43.9 Å². The van der Waals surface area contributed by atoms with Crippen LogP contribution >= 0.6 is 0 Å². The van der Waals surface area contributed by atoms with Gasteiger partial charge >= 0.3 is 6.18 Å². The first-order valence-electron chi connectivity index (χ1n) is 13.4. The average Bonchev–Trinajstić information content (AvgIpc) is 2.92. The predicted molar refractivity (Wildman–Crippen MR) is 158 cm³/mol. The van der Waals surface area contributed by atoms with E-state index in [2.05, 4.69) is 46.7 Å². The molecular weight excluding hydrogens is 527 g/mol. The van der Waals surface area contributed by atoms with Gasteiger partial charge in [0.1, 0.15) is 11.6 Å². The molecule has 41 heavy (non-hydrogen) atoms. The number of nitrogens with zero attached hydrogens (tertiary/aromatic N) is 2. The average molecular weight is 564 g/mol. The van der Waals surface area contributed by atoms with Crippen LogP contribution in [0.1, 0.15) is 54.2 Å². The van der Waals surface area contributed by atoms with E-state index in [9.17, 15) is 18.3 Å². The topological polar surface area (TPSA) is 82.1 Å². The molecule has 4 aromatic rings. The van der Waals surface area contributed by atoms with E-state index in [1.165, 1.54) is 11.6 Å². The summed E-state index contributed by atoms with van der Waals surface area (Å²) in [4.78, 5) is 8.90. The normalized spacial score (nSPS) is 11.9. The number of aromatic nitrogens is 2. The molecular formula is C32H36F3N5O. The number of benzene rings is 3. The molecule has 4 N–H and O–H groups in total. The standard InChI is InChI=1S/C32H36F3N5O/c1-20-14-25(32(33,34)35)10-12-26(20)27-16-29(40-30(36-5)39-27)38-18-22-8-6-21(7-9-22)17-37-19-23-15-24(31(2,3)4)11-13-28(23)41/h6-16,37,41H,17-19H2,1-5H3,(H2,36,38,39,40). The molecule has 0 saturated carbocycles. The molecule has 0 aliphatic heterocycles. The lowest BCUT2D eigenvalue weighted by Crippen LogP contribution is -2.15. The van der Waals surface area contributed by atoms with Crippen molar-refractivity contribution in [2.75, 3.05) is 17.7 Å². The fourth-order valence-electron chi connectivity index (χ4n) is 4.42. The molecule has 0 spiro atoms. The van der Waals surface area contributed by atoms with E-state index >= 15 is 0 Å². The zero-order valence-corrected chi connectivity index (χ0v) is 23.9. The zero-order chi connectivity index (χ0) is 29.8. The second kappa shape index (κ2) is 12.2. The minimum absolute atomic E-state index is 0.00937. The van der Waals surface area contributed by atoms with Gasteiger partial charge in [0.25, 0.3) is 0 Å². The summed E-state index contributed by atoms with van der Waals surface area (Å²) < 4.78 is 39.3. The molecule has 0 saturated heterocycles. The number of aryl methyl sites for hydroxylation is 1. The second-order valence-corrected chi connectivity index (χ2v) is 11.1. The van der Waals surface area contributed by atoms with E-state index in [1.54, 1.807) is 26.1 Å². The van der Waals surface area contributed by atoms with Crippen LogP contribution in [0.15, 0.2) is 66.7 Å². The number of hydrogen-bond acceptors (Lipinski definition) is 6. The van der Waals surface area contributed by atoms with Gasteiger partial charge in [-0.1, -0.05) is 63.2 Å². The molecule has 0 atom stereocenters. The molecule has 0 aliphatic carbocycles. The molecule has 4 rings (SSSR count). The second-order valence-electron chi connectivity index (χ2n) is 11.1. The summed E-state index contributed by atoms with van der Waals surface area (Å²) in [5, 5.41) is 19.9. The van der Waals surface area contributed by atoms with Crippen LogP contribution in [-0.2, 0) is 31.2 Å². The SMILES string of the molecule is CNc1nc(NCc2ccc(CNCc3cc(C(C)(C)C)ccc3O)cc2)cc(-c2ccc(C(F)(F)F)cc2C)n1. The summed E-state index contributed by atoms with van der Waals surface area (Å²) in [6.07, 6.45) is -4.40. The Morgan fingerprint density at radius 3 is 2.05 bits per heavy atom. The summed E-state index contributed by atoms with van der Waals surface area (Å²) >= 11 is 0. The van der Waals surface area contributed by atoms with Gasteiger partial charge in [-0.05, 0) is 52.8 Å².